The van der Waals surface area contributed by atoms with Crippen LogP contribution in [-0.4, -0.2) is 18.0 Å². The molecule has 2 aromatic rings. The molecule has 5 heteroatoms. The fraction of sp³-hybridized carbons (Fsp3) is 0.368. The van der Waals surface area contributed by atoms with Gasteiger partial charge in [0.05, 0.1) is 13.2 Å². The van der Waals surface area contributed by atoms with Crippen LogP contribution in [0.25, 0.3) is 10.9 Å². The summed E-state index contributed by atoms with van der Waals surface area (Å²) in [5, 5.41) is 1.02. The lowest BCUT2D eigenvalue weighted by atomic mass is 9.98. The molecule has 1 atom stereocenters. The first-order chi connectivity index (χ1) is 11.6. The number of methoxy groups -OCH3 is 1. The highest BCUT2D eigenvalue weighted by atomic mass is 16.5. The van der Waals surface area contributed by atoms with Crippen molar-refractivity contribution in [3.63, 3.8) is 0 Å². The van der Waals surface area contributed by atoms with Gasteiger partial charge in [-0.15, -0.1) is 0 Å². The van der Waals surface area contributed by atoms with Crippen LogP contribution in [0.4, 0.5) is 0 Å². The highest BCUT2D eigenvalue weighted by Gasteiger charge is 2.18. The molecule has 3 rings (SSSR count). The van der Waals surface area contributed by atoms with E-state index in [-0.39, 0.29) is 11.9 Å². The third-order valence-electron chi connectivity index (χ3n) is 3.81. The summed E-state index contributed by atoms with van der Waals surface area (Å²) in [5.41, 5.74) is 8.55. The Balaban J connectivity index is 0.00000100. The minimum absolute atomic E-state index is 0.0854. The molecule has 1 aromatic carbocycles. The molecule has 0 spiro atoms. The van der Waals surface area contributed by atoms with Crippen molar-refractivity contribution in [3.8, 4) is 5.75 Å². The highest BCUT2D eigenvalue weighted by molar-refractivity contribution is 5.90. The second-order valence-electron chi connectivity index (χ2n) is 5.61. The highest BCUT2D eigenvalue weighted by Crippen LogP contribution is 2.32. The fourth-order valence-electron chi connectivity index (χ4n) is 2.59. The van der Waals surface area contributed by atoms with Gasteiger partial charge in [0.15, 0.2) is 0 Å². The average molecular weight is 327 g/mol. The number of ether oxygens (including phenoxy) is 1. The molecule has 2 N–H and O–H groups in total. The van der Waals surface area contributed by atoms with Gasteiger partial charge in [-0.1, -0.05) is 45.9 Å². The number of carbonyl (C=O) groups excluding carboxylic acids is 1. The van der Waals surface area contributed by atoms with E-state index >= 15 is 0 Å². The maximum Gasteiger partial charge on any atom is 0.257 e. The molecule has 0 bridgehead atoms. The third-order valence-corrected chi connectivity index (χ3v) is 3.81. The van der Waals surface area contributed by atoms with Crippen molar-refractivity contribution in [1.29, 1.82) is 0 Å². The Morgan fingerprint density at radius 1 is 1.17 bits per heavy atom. The van der Waals surface area contributed by atoms with E-state index in [2.05, 4.69) is 30.8 Å². The van der Waals surface area contributed by atoms with Gasteiger partial charge in [0.25, 0.3) is 5.91 Å². The molecular formula is C19H25N3O2. The first-order valence-corrected chi connectivity index (χ1v) is 8.31. The summed E-state index contributed by atoms with van der Waals surface area (Å²) in [6.45, 7) is 8.23. The monoisotopic (exact) mass is 327 g/mol. The Morgan fingerprint density at radius 2 is 1.92 bits per heavy atom. The number of pyridine rings is 1. The Labute approximate surface area is 143 Å². The minimum Gasteiger partial charge on any atom is -0.494 e. The Morgan fingerprint density at radius 3 is 2.50 bits per heavy atom. The summed E-state index contributed by atoms with van der Waals surface area (Å²) in [6.07, 6.45) is 3.38. The zero-order valence-corrected chi connectivity index (χ0v) is 14.9. The summed E-state index contributed by atoms with van der Waals surface area (Å²) >= 11 is 0. The van der Waals surface area contributed by atoms with Crippen molar-refractivity contribution in [3.05, 3.63) is 47.7 Å². The van der Waals surface area contributed by atoms with Crippen LogP contribution in [0.15, 0.2) is 36.4 Å². The van der Waals surface area contributed by atoms with Crippen molar-refractivity contribution in [2.24, 2.45) is 0 Å². The Bertz CT molecular complexity index is 754. The van der Waals surface area contributed by atoms with Gasteiger partial charge in [0.2, 0.25) is 0 Å². The molecule has 1 aliphatic heterocycles. The van der Waals surface area contributed by atoms with Crippen LogP contribution < -0.4 is 15.6 Å². The number of nitrogens with zero attached hydrogens (tertiary/aromatic N) is 1. The van der Waals surface area contributed by atoms with E-state index in [1.165, 1.54) is 6.08 Å². The summed E-state index contributed by atoms with van der Waals surface area (Å²) < 4.78 is 5.45. The van der Waals surface area contributed by atoms with Crippen LogP contribution in [0.1, 0.15) is 50.9 Å². The minimum atomic E-state index is -0.144. The number of rotatable bonds is 3. The molecule has 1 unspecified atom stereocenters. The number of amides is 1. The average Bonchev–Trinajstić information content (AvgIpc) is 2.62. The first kappa shape index (κ1) is 17.9. The molecule has 0 radical (unpaired) electrons. The normalized spacial score (nSPS) is 16.6. The predicted molar refractivity (Wildman–Crippen MR) is 96.9 cm³/mol. The van der Waals surface area contributed by atoms with Crippen molar-refractivity contribution < 1.29 is 9.53 Å². The molecule has 0 aliphatic carbocycles. The smallest absolute Gasteiger partial charge is 0.257 e. The molecule has 0 saturated carbocycles. The van der Waals surface area contributed by atoms with Gasteiger partial charge < -0.3 is 4.74 Å². The molecule has 1 aliphatic rings. The van der Waals surface area contributed by atoms with Crippen molar-refractivity contribution in [1.82, 2.24) is 15.8 Å². The standard InChI is InChI=1S/C17H19N3O2.C2H6/c1-10(2)13-6-4-12-11(14-7-9-16(21)20-19-14)5-8-15(22-3)17(12)18-13;1-2/h4-10,14,19H,1-3H3,(H,20,21);1-2H3. The molecule has 1 amide bonds. The Hall–Kier alpha value is -2.40. The van der Waals surface area contributed by atoms with Gasteiger partial charge in [0, 0.05) is 17.2 Å². The topological polar surface area (TPSA) is 63.2 Å². The van der Waals surface area contributed by atoms with Crippen LogP contribution in [0.3, 0.4) is 0 Å². The maximum atomic E-state index is 11.2. The first-order valence-electron chi connectivity index (χ1n) is 8.31. The van der Waals surface area contributed by atoms with Gasteiger partial charge in [-0.2, -0.15) is 0 Å². The van der Waals surface area contributed by atoms with Crippen molar-refractivity contribution >= 4 is 16.8 Å². The zero-order chi connectivity index (χ0) is 17.7. The lowest BCUT2D eigenvalue weighted by Gasteiger charge is -2.21. The molecule has 5 nitrogen and oxygen atoms in total. The largest absolute Gasteiger partial charge is 0.494 e. The molecule has 128 valence electrons. The van der Waals surface area contributed by atoms with E-state index in [4.69, 9.17) is 9.72 Å². The molecule has 0 saturated heterocycles. The lowest BCUT2D eigenvalue weighted by Crippen LogP contribution is -2.41. The van der Waals surface area contributed by atoms with Crippen LogP contribution in [-0.2, 0) is 4.79 Å². The predicted octanol–water partition coefficient (Wildman–Crippen LogP) is 3.62. The Kier molecular flexibility index (Phi) is 5.93. The fourth-order valence-corrected chi connectivity index (χ4v) is 2.59. The summed E-state index contributed by atoms with van der Waals surface area (Å²) in [6, 6.07) is 7.94. The second-order valence-corrected chi connectivity index (χ2v) is 5.61. The van der Waals surface area contributed by atoms with Crippen molar-refractivity contribution in [2.45, 2.75) is 39.7 Å². The number of hydrogen-bond acceptors (Lipinski definition) is 4. The quantitative estimate of drug-likeness (QED) is 0.904. The van der Waals surface area contributed by atoms with Gasteiger partial charge in [0.1, 0.15) is 11.3 Å². The molecule has 24 heavy (non-hydrogen) atoms. The van der Waals surface area contributed by atoms with Crippen molar-refractivity contribution in [2.75, 3.05) is 7.11 Å². The molecular weight excluding hydrogens is 302 g/mol. The van der Waals surface area contributed by atoms with E-state index in [0.29, 0.717) is 5.92 Å². The molecule has 0 fully saturated rings. The van der Waals surface area contributed by atoms with Gasteiger partial charge in [-0.05, 0) is 23.6 Å². The van der Waals surface area contributed by atoms with Gasteiger partial charge in [-0.3, -0.25) is 10.2 Å². The van der Waals surface area contributed by atoms with Gasteiger partial charge >= 0.3 is 0 Å². The second kappa shape index (κ2) is 7.93. The van der Waals surface area contributed by atoms with Crippen LogP contribution in [0.2, 0.25) is 0 Å². The van der Waals surface area contributed by atoms with Gasteiger partial charge in [-0.25, -0.2) is 10.4 Å². The number of hydrazine groups is 1. The summed E-state index contributed by atoms with van der Waals surface area (Å²) in [7, 11) is 1.65. The number of nitrogens with one attached hydrogen (secondary N) is 2. The number of aromatic nitrogens is 1. The molecule has 1 aromatic heterocycles. The van der Waals surface area contributed by atoms with E-state index in [9.17, 15) is 4.79 Å². The summed E-state index contributed by atoms with van der Waals surface area (Å²) in [5.74, 6) is 0.962. The lowest BCUT2D eigenvalue weighted by molar-refractivity contribution is -0.118. The number of benzene rings is 1. The van der Waals surface area contributed by atoms with Crippen LogP contribution >= 0.6 is 0 Å². The maximum absolute atomic E-state index is 11.2. The third kappa shape index (κ3) is 3.57. The van der Waals surface area contributed by atoms with E-state index < -0.39 is 0 Å². The zero-order valence-electron chi connectivity index (χ0n) is 14.9. The van der Waals surface area contributed by atoms with Crippen LogP contribution in [0, 0.1) is 0 Å². The number of carbonyl (C=O) groups is 1. The number of hydrogen-bond donors (Lipinski definition) is 2. The molecule has 2 heterocycles. The van der Waals surface area contributed by atoms with E-state index in [1.807, 2.05) is 38.1 Å². The van der Waals surface area contributed by atoms with E-state index in [0.717, 1.165) is 27.9 Å². The van der Waals surface area contributed by atoms with Crippen LogP contribution in [0.5, 0.6) is 5.75 Å². The summed E-state index contributed by atoms with van der Waals surface area (Å²) in [4.78, 5) is 16.0. The SMILES string of the molecule is CC.COc1ccc(C2C=CC(=O)NN2)c2ccc(C(C)C)nc12. The number of fused-ring (bicyclic) bond motifs is 1. The van der Waals surface area contributed by atoms with E-state index in [1.54, 1.807) is 7.11 Å².